The lowest BCUT2D eigenvalue weighted by atomic mass is 9.67. The molecule has 2 heteroatoms. The molecule has 1 N–H and O–H groups in total. The highest BCUT2D eigenvalue weighted by atomic mass is 14.9. The molecule has 0 radical (unpaired) electrons. The van der Waals surface area contributed by atoms with Crippen molar-refractivity contribution in [2.24, 2.45) is 17.8 Å². The molecule has 1 aromatic rings. The molecule has 0 aliphatic heterocycles. The number of nitriles is 1. The summed E-state index contributed by atoms with van der Waals surface area (Å²) in [5.74, 6) is 3.15. The molecular formula is C21H30N2. The molecule has 23 heavy (non-hydrogen) atoms. The monoisotopic (exact) mass is 310 g/mol. The third-order valence-electron chi connectivity index (χ3n) is 6.03. The van der Waals surface area contributed by atoms with Crippen molar-refractivity contribution in [3.63, 3.8) is 0 Å². The molecule has 3 rings (SSSR count). The van der Waals surface area contributed by atoms with Crippen molar-refractivity contribution in [3.05, 3.63) is 29.8 Å². The van der Waals surface area contributed by atoms with Crippen molar-refractivity contribution >= 4 is 5.69 Å². The van der Waals surface area contributed by atoms with Crippen LogP contribution < -0.4 is 5.32 Å². The SMILES string of the molecule is N#Cc1ccc(NCCCCC2CCC3CCCCC3C2)cc1. The quantitative estimate of drug-likeness (QED) is 0.679. The van der Waals surface area contributed by atoms with Gasteiger partial charge in [0.1, 0.15) is 0 Å². The number of benzene rings is 1. The maximum Gasteiger partial charge on any atom is 0.0991 e. The maximum absolute atomic E-state index is 8.80. The fraction of sp³-hybridized carbons (Fsp3) is 0.667. The third kappa shape index (κ3) is 4.74. The second-order valence-corrected chi connectivity index (χ2v) is 7.60. The lowest BCUT2D eigenvalue weighted by Crippen LogP contribution is -2.27. The summed E-state index contributed by atoms with van der Waals surface area (Å²) in [6, 6.07) is 9.92. The second-order valence-electron chi connectivity index (χ2n) is 7.60. The average Bonchev–Trinajstić information content (AvgIpc) is 2.62. The van der Waals surface area contributed by atoms with E-state index in [2.05, 4.69) is 11.4 Å². The Balaban J connectivity index is 1.30. The number of rotatable bonds is 6. The van der Waals surface area contributed by atoms with Gasteiger partial charge in [-0.25, -0.2) is 0 Å². The Morgan fingerprint density at radius 3 is 2.52 bits per heavy atom. The first kappa shape index (κ1) is 16.4. The lowest BCUT2D eigenvalue weighted by Gasteiger charge is -2.39. The van der Waals surface area contributed by atoms with Crippen LogP contribution in [0.5, 0.6) is 0 Å². The molecule has 0 amide bonds. The minimum atomic E-state index is 0.730. The molecule has 0 saturated heterocycles. The summed E-state index contributed by atoms with van der Waals surface area (Å²) in [7, 11) is 0. The number of nitrogens with one attached hydrogen (secondary N) is 1. The fourth-order valence-corrected chi connectivity index (χ4v) is 4.69. The minimum absolute atomic E-state index is 0.730. The van der Waals surface area contributed by atoms with E-state index in [-0.39, 0.29) is 0 Å². The average molecular weight is 310 g/mol. The van der Waals surface area contributed by atoms with Crippen molar-refractivity contribution in [2.45, 2.75) is 64.2 Å². The van der Waals surface area contributed by atoms with Crippen LogP contribution in [0.2, 0.25) is 0 Å². The van der Waals surface area contributed by atoms with Gasteiger partial charge in [-0.1, -0.05) is 44.9 Å². The summed E-state index contributed by atoms with van der Waals surface area (Å²) in [4.78, 5) is 0. The largest absolute Gasteiger partial charge is 0.385 e. The summed E-state index contributed by atoms with van der Waals surface area (Å²) < 4.78 is 0. The summed E-state index contributed by atoms with van der Waals surface area (Å²) >= 11 is 0. The van der Waals surface area contributed by atoms with Crippen LogP contribution in [0.15, 0.2) is 24.3 Å². The second kappa shape index (κ2) is 8.39. The Bertz CT molecular complexity index is 514. The van der Waals surface area contributed by atoms with E-state index in [0.717, 1.165) is 35.5 Å². The summed E-state index contributed by atoms with van der Waals surface area (Å²) in [5.41, 5.74) is 1.86. The van der Waals surface area contributed by atoms with Crippen LogP contribution in [0.25, 0.3) is 0 Å². The van der Waals surface area contributed by atoms with Crippen LogP contribution >= 0.6 is 0 Å². The molecular weight excluding hydrogens is 280 g/mol. The number of nitrogens with zero attached hydrogens (tertiary/aromatic N) is 1. The number of hydrogen-bond acceptors (Lipinski definition) is 2. The van der Waals surface area contributed by atoms with Gasteiger partial charge in [0.2, 0.25) is 0 Å². The van der Waals surface area contributed by atoms with Gasteiger partial charge < -0.3 is 5.32 Å². The molecule has 1 aromatic carbocycles. The Morgan fingerprint density at radius 1 is 0.957 bits per heavy atom. The summed E-state index contributed by atoms with van der Waals surface area (Å²) in [5, 5.41) is 12.3. The molecule has 3 unspecified atom stereocenters. The first-order chi connectivity index (χ1) is 11.3. The predicted octanol–water partition coefficient (Wildman–Crippen LogP) is 5.75. The molecule has 0 aromatic heterocycles. The van der Waals surface area contributed by atoms with Crippen molar-refractivity contribution in [2.75, 3.05) is 11.9 Å². The lowest BCUT2D eigenvalue weighted by molar-refractivity contribution is 0.124. The molecule has 3 atom stereocenters. The zero-order valence-electron chi connectivity index (χ0n) is 14.3. The standard InChI is InChI=1S/C21H30N2/c22-16-18-9-12-21(13-10-18)23-14-4-3-5-17-8-11-19-6-1-2-7-20(19)15-17/h9-10,12-13,17,19-20,23H,1-8,11,14-15H2. The van der Waals surface area contributed by atoms with Gasteiger partial charge in [-0.2, -0.15) is 5.26 Å². The highest BCUT2D eigenvalue weighted by molar-refractivity contribution is 5.46. The fourth-order valence-electron chi connectivity index (χ4n) is 4.69. The normalized spacial score (nSPS) is 27.0. The van der Waals surface area contributed by atoms with Gasteiger partial charge in [-0.05, 0) is 61.3 Å². The van der Waals surface area contributed by atoms with Crippen LogP contribution in [-0.2, 0) is 0 Å². The van der Waals surface area contributed by atoms with Gasteiger partial charge in [0.05, 0.1) is 11.6 Å². The van der Waals surface area contributed by atoms with E-state index in [9.17, 15) is 0 Å². The Hall–Kier alpha value is -1.49. The molecule has 0 heterocycles. The van der Waals surface area contributed by atoms with Crippen LogP contribution in [0.1, 0.15) is 69.8 Å². The van der Waals surface area contributed by atoms with E-state index in [1.807, 2.05) is 24.3 Å². The smallest absolute Gasteiger partial charge is 0.0991 e. The number of hydrogen-bond donors (Lipinski definition) is 1. The maximum atomic E-state index is 8.80. The number of fused-ring (bicyclic) bond motifs is 1. The van der Waals surface area contributed by atoms with Gasteiger partial charge in [0.15, 0.2) is 0 Å². The molecule has 2 fully saturated rings. The third-order valence-corrected chi connectivity index (χ3v) is 6.03. The molecule has 2 aliphatic carbocycles. The zero-order chi connectivity index (χ0) is 15.9. The summed E-state index contributed by atoms with van der Waals surface area (Å²) in [6.45, 7) is 1.05. The molecule has 2 nitrogen and oxygen atoms in total. The van der Waals surface area contributed by atoms with E-state index in [0.29, 0.717) is 0 Å². The Morgan fingerprint density at radius 2 is 1.74 bits per heavy atom. The number of unbranched alkanes of at least 4 members (excludes halogenated alkanes) is 1. The molecule has 2 saturated carbocycles. The number of anilines is 1. The van der Waals surface area contributed by atoms with E-state index >= 15 is 0 Å². The van der Waals surface area contributed by atoms with Crippen molar-refractivity contribution in [3.8, 4) is 6.07 Å². The topological polar surface area (TPSA) is 35.8 Å². The molecule has 2 aliphatic rings. The Kier molecular flexibility index (Phi) is 5.97. The van der Waals surface area contributed by atoms with E-state index in [1.54, 1.807) is 0 Å². The van der Waals surface area contributed by atoms with E-state index in [4.69, 9.17) is 5.26 Å². The van der Waals surface area contributed by atoms with Crippen molar-refractivity contribution < 1.29 is 0 Å². The van der Waals surface area contributed by atoms with Gasteiger partial charge in [-0.15, -0.1) is 0 Å². The van der Waals surface area contributed by atoms with Crippen LogP contribution in [-0.4, -0.2) is 6.54 Å². The van der Waals surface area contributed by atoms with Crippen molar-refractivity contribution in [1.29, 1.82) is 5.26 Å². The highest BCUT2D eigenvalue weighted by Crippen LogP contribution is 2.43. The van der Waals surface area contributed by atoms with Crippen LogP contribution in [0.3, 0.4) is 0 Å². The van der Waals surface area contributed by atoms with Crippen molar-refractivity contribution in [1.82, 2.24) is 0 Å². The van der Waals surface area contributed by atoms with Gasteiger partial charge >= 0.3 is 0 Å². The highest BCUT2D eigenvalue weighted by Gasteiger charge is 2.31. The van der Waals surface area contributed by atoms with E-state index < -0.39 is 0 Å². The molecule has 0 spiro atoms. The minimum Gasteiger partial charge on any atom is -0.385 e. The van der Waals surface area contributed by atoms with Gasteiger partial charge in [0.25, 0.3) is 0 Å². The molecule has 124 valence electrons. The van der Waals surface area contributed by atoms with Crippen LogP contribution in [0, 0.1) is 29.1 Å². The van der Waals surface area contributed by atoms with Gasteiger partial charge in [0, 0.05) is 12.2 Å². The summed E-state index contributed by atoms with van der Waals surface area (Å²) in [6.07, 6.45) is 14.6. The van der Waals surface area contributed by atoms with E-state index in [1.165, 1.54) is 64.2 Å². The zero-order valence-corrected chi connectivity index (χ0v) is 14.3. The molecule has 0 bridgehead atoms. The first-order valence-corrected chi connectivity index (χ1v) is 9.59. The van der Waals surface area contributed by atoms with Crippen LogP contribution in [0.4, 0.5) is 5.69 Å². The Labute approximate surface area is 141 Å². The first-order valence-electron chi connectivity index (χ1n) is 9.59. The predicted molar refractivity (Wildman–Crippen MR) is 96.3 cm³/mol. The van der Waals surface area contributed by atoms with Gasteiger partial charge in [-0.3, -0.25) is 0 Å².